The third kappa shape index (κ3) is 6.89. The van der Waals surface area contributed by atoms with Crippen LogP contribution in [-0.4, -0.2) is 27.3 Å². The van der Waals surface area contributed by atoms with Gasteiger partial charge in [0.1, 0.15) is 18.4 Å². The highest BCUT2D eigenvalue weighted by atomic mass is 35.5. The Hall–Kier alpha value is -3.46. The van der Waals surface area contributed by atoms with E-state index in [2.05, 4.69) is 24.4 Å². The van der Waals surface area contributed by atoms with Crippen molar-refractivity contribution in [1.29, 1.82) is 0 Å². The summed E-state index contributed by atoms with van der Waals surface area (Å²) < 4.78 is 13.4. The van der Waals surface area contributed by atoms with Crippen LogP contribution in [0.1, 0.15) is 49.4 Å². The zero-order valence-electron chi connectivity index (χ0n) is 22.8. The van der Waals surface area contributed by atoms with Gasteiger partial charge in [-0.1, -0.05) is 96.8 Å². The number of carbonyl (C=O) groups excluding carboxylic acids is 1. The quantitative estimate of drug-likeness (QED) is 0.105. The Morgan fingerprint density at radius 2 is 1.76 bits per heavy atom. The summed E-state index contributed by atoms with van der Waals surface area (Å²) in [6, 6.07) is 22.6. The fourth-order valence-electron chi connectivity index (χ4n) is 4.45. The van der Waals surface area contributed by atoms with Gasteiger partial charge in [0, 0.05) is 27.1 Å². The number of nitrogens with one attached hydrogen (secondary N) is 1. The van der Waals surface area contributed by atoms with E-state index in [1.165, 1.54) is 5.56 Å². The molecule has 0 bridgehead atoms. The number of anilines is 1. The van der Waals surface area contributed by atoms with Gasteiger partial charge in [-0.2, -0.15) is 4.98 Å². The lowest BCUT2D eigenvalue weighted by Crippen LogP contribution is -2.29. The van der Waals surface area contributed by atoms with Crippen LogP contribution >= 0.6 is 35.0 Å². The van der Waals surface area contributed by atoms with Crippen LogP contribution in [0.25, 0.3) is 0 Å². The number of esters is 1. The maximum atomic E-state index is 13.3. The lowest BCUT2D eigenvalue weighted by molar-refractivity contribution is -0.139. The molecule has 0 fully saturated rings. The third-order valence-corrected chi connectivity index (χ3v) is 8.25. The maximum Gasteiger partial charge on any atom is 0.338 e. The van der Waals surface area contributed by atoms with Crippen LogP contribution in [0.4, 0.5) is 5.95 Å². The average molecular weight is 610 g/mol. The molecule has 1 aromatic heterocycles. The highest BCUT2D eigenvalue weighted by molar-refractivity contribution is 7.98. The number of aromatic nitrogens is 3. The topological polar surface area (TPSA) is 78.3 Å². The van der Waals surface area contributed by atoms with E-state index < -0.39 is 6.04 Å². The van der Waals surface area contributed by atoms with E-state index in [1.807, 2.05) is 49.4 Å². The molecule has 1 N–H and O–H groups in total. The Kier molecular flexibility index (Phi) is 9.54. The predicted molar refractivity (Wildman–Crippen MR) is 164 cm³/mol. The van der Waals surface area contributed by atoms with Crippen molar-refractivity contribution in [1.82, 2.24) is 14.8 Å². The van der Waals surface area contributed by atoms with Gasteiger partial charge in [-0.05, 0) is 48.7 Å². The van der Waals surface area contributed by atoms with Crippen LogP contribution < -0.4 is 10.1 Å². The smallest absolute Gasteiger partial charge is 0.338 e. The number of allylic oxidation sites excluding steroid dienone is 1. The van der Waals surface area contributed by atoms with Gasteiger partial charge in [0.2, 0.25) is 11.1 Å². The van der Waals surface area contributed by atoms with E-state index in [1.54, 1.807) is 34.6 Å². The molecule has 0 saturated heterocycles. The molecule has 0 radical (unpaired) electrons. The molecule has 1 aliphatic rings. The number of hydrogen-bond acceptors (Lipinski definition) is 7. The molecule has 7 nitrogen and oxygen atoms in total. The van der Waals surface area contributed by atoms with Crippen molar-refractivity contribution < 1.29 is 14.3 Å². The summed E-state index contributed by atoms with van der Waals surface area (Å²) in [6.45, 7) is 4.51. The zero-order valence-corrected chi connectivity index (χ0v) is 25.1. The largest absolute Gasteiger partial charge is 0.489 e. The first-order chi connectivity index (χ1) is 19.9. The molecule has 0 aliphatic carbocycles. The summed E-state index contributed by atoms with van der Waals surface area (Å²) >= 11 is 14.1. The summed E-state index contributed by atoms with van der Waals surface area (Å²) in [7, 11) is 0. The molecule has 212 valence electrons. The summed E-state index contributed by atoms with van der Waals surface area (Å²) in [5, 5.41) is 9.79. The highest BCUT2D eigenvalue weighted by Crippen LogP contribution is 2.38. The standard InChI is InChI=1S/C31H30Cl2N4O3S/c1-3-4-17-39-29(38)27-20(2)34-30-35-31(41-19-21-9-6-5-7-10-21)36-37(30)28(27)22-13-15-23(16-14-22)40-18-24-25(32)11-8-12-26(24)33/h5-16,28H,3-4,17-19H2,1-2H3,(H,34,35,36). The first-order valence-corrected chi connectivity index (χ1v) is 15.1. The van der Waals surface area contributed by atoms with Crippen molar-refractivity contribution in [3.63, 3.8) is 0 Å². The highest BCUT2D eigenvalue weighted by Gasteiger charge is 2.35. The molecular weight excluding hydrogens is 579 g/mol. The number of nitrogens with zero attached hydrogens (tertiary/aromatic N) is 3. The molecule has 0 amide bonds. The van der Waals surface area contributed by atoms with Gasteiger partial charge >= 0.3 is 5.97 Å². The number of halogens is 2. The first kappa shape index (κ1) is 29.0. The third-order valence-electron chi connectivity index (χ3n) is 6.64. The van der Waals surface area contributed by atoms with Gasteiger partial charge < -0.3 is 14.8 Å². The van der Waals surface area contributed by atoms with E-state index in [9.17, 15) is 4.79 Å². The van der Waals surface area contributed by atoms with Crippen molar-refractivity contribution in [2.24, 2.45) is 0 Å². The Labute approximate surface area is 253 Å². The molecule has 10 heteroatoms. The number of ether oxygens (including phenoxy) is 2. The van der Waals surface area contributed by atoms with Gasteiger partial charge in [-0.15, -0.1) is 5.10 Å². The summed E-state index contributed by atoms with van der Waals surface area (Å²) in [4.78, 5) is 18.1. The lowest BCUT2D eigenvalue weighted by atomic mass is 9.96. The van der Waals surface area contributed by atoms with Crippen LogP contribution in [0.15, 0.2) is 89.2 Å². The van der Waals surface area contributed by atoms with Gasteiger partial charge in [-0.3, -0.25) is 0 Å². The normalized spacial score (nSPS) is 14.4. The number of fused-ring (bicyclic) bond motifs is 1. The Balaban J connectivity index is 1.41. The monoisotopic (exact) mass is 608 g/mol. The van der Waals surface area contributed by atoms with Crippen LogP contribution in [0, 0.1) is 0 Å². The average Bonchev–Trinajstić information content (AvgIpc) is 3.38. The van der Waals surface area contributed by atoms with Gasteiger partial charge in [0.05, 0.1) is 12.2 Å². The van der Waals surface area contributed by atoms with Crippen LogP contribution in [0.2, 0.25) is 10.0 Å². The number of hydrogen-bond donors (Lipinski definition) is 1. The van der Waals surface area contributed by atoms with E-state index in [4.69, 9.17) is 42.8 Å². The molecule has 4 aromatic rings. The Morgan fingerprint density at radius 3 is 2.46 bits per heavy atom. The van der Waals surface area contributed by atoms with Crippen LogP contribution in [-0.2, 0) is 21.9 Å². The molecule has 1 aliphatic heterocycles. The van der Waals surface area contributed by atoms with Crippen LogP contribution in [0.5, 0.6) is 5.75 Å². The van der Waals surface area contributed by atoms with E-state index >= 15 is 0 Å². The molecule has 0 spiro atoms. The van der Waals surface area contributed by atoms with E-state index in [0.29, 0.717) is 44.8 Å². The number of carbonyl (C=O) groups is 1. The second-order valence-corrected chi connectivity index (χ2v) is 11.3. The lowest BCUT2D eigenvalue weighted by Gasteiger charge is -2.28. The minimum Gasteiger partial charge on any atom is -0.489 e. The Morgan fingerprint density at radius 1 is 1.02 bits per heavy atom. The molecule has 3 aromatic carbocycles. The van der Waals surface area contributed by atoms with Gasteiger partial charge in [0.15, 0.2) is 0 Å². The Bertz CT molecular complexity index is 1520. The number of thioether (sulfide) groups is 1. The second kappa shape index (κ2) is 13.5. The van der Waals surface area contributed by atoms with Crippen molar-refractivity contribution in [3.05, 3.63) is 111 Å². The fraction of sp³-hybridized carbons (Fsp3) is 0.258. The first-order valence-electron chi connectivity index (χ1n) is 13.4. The molecule has 2 heterocycles. The maximum absolute atomic E-state index is 13.3. The van der Waals surface area contributed by atoms with Crippen molar-refractivity contribution in [2.45, 2.75) is 50.2 Å². The number of benzene rings is 3. The minimum atomic E-state index is -0.522. The summed E-state index contributed by atoms with van der Waals surface area (Å²) in [5.41, 5.74) is 3.93. The van der Waals surface area contributed by atoms with Crippen LogP contribution in [0.3, 0.4) is 0 Å². The summed E-state index contributed by atoms with van der Waals surface area (Å²) in [5.74, 6) is 1.57. The molecule has 1 atom stereocenters. The summed E-state index contributed by atoms with van der Waals surface area (Å²) in [6.07, 6.45) is 1.73. The van der Waals surface area contributed by atoms with Crippen molar-refractivity contribution >= 4 is 46.9 Å². The molecule has 1 unspecified atom stereocenters. The van der Waals surface area contributed by atoms with Gasteiger partial charge in [0.25, 0.3) is 0 Å². The molecule has 5 rings (SSSR count). The second-order valence-electron chi connectivity index (χ2n) is 9.55. The van der Waals surface area contributed by atoms with Crippen molar-refractivity contribution in [2.75, 3.05) is 11.9 Å². The SMILES string of the molecule is CCCCOC(=O)C1=C(C)Nc2nc(SCc3ccccc3)nn2C1c1ccc(OCc2c(Cl)cccc2Cl)cc1. The van der Waals surface area contributed by atoms with E-state index in [-0.39, 0.29) is 12.6 Å². The molecular formula is C31H30Cl2N4O3S. The zero-order chi connectivity index (χ0) is 28.8. The van der Waals surface area contributed by atoms with E-state index in [0.717, 1.165) is 29.7 Å². The number of unbranched alkanes of at least 4 members (excludes halogenated alkanes) is 1. The number of rotatable bonds is 11. The molecule has 41 heavy (non-hydrogen) atoms. The molecule has 0 saturated carbocycles. The predicted octanol–water partition coefficient (Wildman–Crippen LogP) is 8.09. The van der Waals surface area contributed by atoms with Crippen molar-refractivity contribution in [3.8, 4) is 5.75 Å². The van der Waals surface area contributed by atoms with Gasteiger partial charge in [-0.25, -0.2) is 9.48 Å². The minimum absolute atomic E-state index is 0.231. The fourth-order valence-corrected chi connectivity index (χ4v) is 5.74.